The van der Waals surface area contributed by atoms with E-state index in [0.29, 0.717) is 5.92 Å². The molecule has 0 spiro atoms. The van der Waals surface area contributed by atoms with Crippen LogP contribution in [0, 0.1) is 5.92 Å². The molecule has 0 heterocycles. The summed E-state index contributed by atoms with van der Waals surface area (Å²) in [7, 11) is 0. The molecule has 0 amide bonds. The second kappa shape index (κ2) is 8.67. The summed E-state index contributed by atoms with van der Waals surface area (Å²) in [6.07, 6.45) is 1.07. The van der Waals surface area contributed by atoms with Crippen molar-refractivity contribution in [1.29, 1.82) is 0 Å². The van der Waals surface area contributed by atoms with Crippen LogP contribution in [0.4, 0.5) is 0 Å². The van der Waals surface area contributed by atoms with Crippen molar-refractivity contribution in [2.24, 2.45) is 5.92 Å². The second-order valence-electron chi connectivity index (χ2n) is 4.16. The molecule has 96 valence electrons. The third kappa shape index (κ3) is 6.20. The average molecular weight is 300 g/mol. The Morgan fingerprint density at radius 2 is 1.94 bits per heavy atom. The molecule has 0 bridgehead atoms. The maximum Gasteiger partial charge on any atom is 0.0509 e. The van der Waals surface area contributed by atoms with Gasteiger partial charge in [-0.25, -0.2) is 0 Å². The first-order valence-corrected chi connectivity index (χ1v) is 7.08. The zero-order valence-electron chi connectivity index (χ0n) is 10.7. The highest BCUT2D eigenvalue weighted by atomic mass is 79.9. The molecular formula is C14H22BrNO. The Labute approximate surface area is 113 Å². The molecule has 1 N–H and O–H groups in total. The van der Waals surface area contributed by atoms with Gasteiger partial charge >= 0.3 is 0 Å². The van der Waals surface area contributed by atoms with Crippen LogP contribution in [0.5, 0.6) is 0 Å². The summed E-state index contributed by atoms with van der Waals surface area (Å²) in [6.45, 7) is 7.85. The van der Waals surface area contributed by atoms with E-state index in [1.165, 1.54) is 5.56 Å². The van der Waals surface area contributed by atoms with E-state index in [4.69, 9.17) is 4.74 Å². The maximum atomic E-state index is 5.54. The topological polar surface area (TPSA) is 21.3 Å². The molecule has 1 rings (SSSR count). The van der Waals surface area contributed by atoms with Gasteiger partial charge < -0.3 is 10.1 Å². The maximum absolute atomic E-state index is 5.54. The molecule has 3 heteroatoms. The Morgan fingerprint density at radius 1 is 1.24 bits per heavy atom. The molecule has 0 aliphatic carbocycles. The van der Waals surface area contributed by atoms with Crippen molar-refractivity contribution in [2.45, 2.75) is 20.3 Å². The van der Waals surface area contributed by atoms with E-state index in [-0.39, 0.29) is 0 Å². The Bertz CT molecular complexity index is 292. The first kappa shape index (κ1) is 14.7. The molecule has 0 saturated heterocycles. The molecule has 1 unspecified atom stereocenters. The van der Waals surface area contributed by atoms with Gasteiger partial charge in [-0.3, -0.25) is 0 Å². The minimum Gasteiger partial charge on any atom is -0.381 e. The van der Waals surface area contributed by atoms with Crippen LogP contribution >= 0.6 is 15.9 Å². The highest BCUT2D eigenvalue weighted by Crippen LogP contribution is 2.14. The zero-order valence-corrected chi connectivity index (χ0v) is 12.3. The first-order chi connectivity index (χ1) is 8.26. The number of hydrogen-bond acceptors (Lipinski definition) is 2. The molecule has 0 aliphatic rings. The minimum absolute atomic E-state index is 0.552. The summed E-state index contributed by atoms with van der Waals surface area (Å²) in [5, 5.41) is 3.40. The molecule has 0 radical (unpaired) electrons. The lowest BCUT2D eigenvalue weighted by Gasteiger charge is -2.17. The van der Waals surface area contributed by atoms with Gasteiger partial charge in [0.25, 0.3) is 0 Å². The van der Waals surface area contributed by atoms with E-state index in [0.717, 1.165) is 37.2 Å². The highest BCUT2D eigenvalue weighted by molar-refractivity contribution is 9.10. The standard InChI is InChI=1S/C14H22BrNO/c1-3-16-10-13(11-17-4-2)9-12-5-7-14(15)8-6-12/h5-8,13,16H,3-4,9-11H2,1-2H3. The number of ether oxygens (including phenoxy) is 1. The first-order valence-electron chi connectivity index (χ1n) is 6.29. The van der Waals surface area contributed by atoms with Gasteiger partial charge in [0, 0.05) is 17.6 Å². The number of hydrogen-bond donors (Lipinski definition) is 1. The van der Waals surface area contributed by atoms with Gasteiger partial charge in [0.2, 0.25) is 0 Å². The van der Waals surface area contributed by atoms with Gasteiger partial charge in [-0.2, -0.15) is 0 Å². The molecule has 1 aromatic carbocycles. The SMILES string of the molecule is CCNCC(COCC)Cc1ccc(Br)cc1. The zero-order chi connectivity index (χ0) is 12.5. The number of halogens is 1. The Balaban J connectivity index is 2.48. The molecule has 1 aromatic rings. The summed E-state index contributed by atoms with van der Waals surface area (Å²) >= 11 is 3.46. The number of nitrogens with one attached hydrogen (secondary N) is 1. The van der Waals surface area contributed by atoms with Gasteiger partial charge in [0.1, 0.15) is 0 Å². The van der Waals surface area contributed by atoms with Crippen LogP contribution in [0.2, 0.25) is 0 Å². The molecule has 2 nitrogen and oxygen atoms in total. The van der Waals surface area contributed by atoms with E-state index >= 15 is 0 Å². The lowest BCUT2D eigenvalue weighted by molar-refractivity contribution is 0.110. The van der Waals surface area contributed by atoms with Gasteiger partial charge in [-0.1, -0.05) is 35.0 Å². The fourth-order valence-corrected chi connectivity index (χ4v) is 2.04. The number of rotatable bonds is 8. The third-order valence-corrected chi connectivity index (χ3v) is 3.21. The van der Waals surface area contributed by atoms with Crippen LogP contribution in [-0.4, -0.2) is 26.3 Å². The van der Waals surface area contributed by atoms with Crippen molar-refractivity contribution in [3.63, 3.8) is 0 Å². The lowest BCUT2D eigenvalue weighted by Crippen LogP contribution is -2.27. The molecule has 0 fully saturated rings. The molecule has 0 saturated carbocycles. The Morgan fingerprint density at radius 3 is 2.53 bits per heavy atom. The van der Waals surface area contributed by atoms with Gasteiger partial charge in [0.15, 0.2) is 0 Å². The van der Waals surface area contributed by atoms with Gasteiger partial charge in [0.05, 0.1) is 6.61 Å². The molecule has 0 aliphatic heterocycles. The summed E-state index contributed by atoms with van der Waals surface area (Å²) in [5.41, 5.74) is 1.37. The minimum atomic E-state index is 0.552. The van der Waals surface area contributed by atoms with E-state index in [1.807, 2.05) is 6.92 Å². The van der Waals surface area contributed by atoms with Crippen LogP contribution < -0.4 is 5.32 Å². The van der Waals surface area contributed by atoms with E-state index in [9.17, 15) is 0 Å². The largest absolute Gasteiger partial charge is 0.381 e. The van der Waals surface area contributed by atoms with E-state index < -0.39 is 0 Å². The summed E-state index contributed by atoms with van der Waals surface area (Å²) < 4.78 is 6.67. The summed E-state index contributed by atoms with van der Waals surface area (Å²) in [6, 6.07) is 8.55. The van der Waals surface area contributed by atoms with E-state index in [2.05, 4.69) is 52.4 Å². The van der Waals surface area contributed by atoms with E-state index in [1.54, 1.807) is 0 Å². The fraction of sp³-hybridized carbons (Fsp3) is 0.571. The predicted molar refractivity (Wildman–Crippen MR) is 76.4 cm³/mol. The highest BCUT2D eigenvalue weighted by Gasteiger charge is 2.09. The fourth-order valence-electron chi connectivity index (χ4n) is 1.78. The number of benzene rings is 1. The lowest BCUT2D eigenvalue weighted by atomic mass is 10.00. The predicted octanol–water partition coefficient (Wildman–Crippen LogP) is 3.25. The second-order valence-corrected chi connectivity index (χ2v) is 5.08. The van der Waals surface area contributed by atoms with Crippen LogP contribution in [-0.2, 0) is 11.2 Å². The Kier molecular flexibility index (Phi) is 7.49. The molecule has 17 heavy (non-hydrogen) atoms. The summed E-state index contributed by atoms with van der Waals surface area (Å²) in [4.78, 5) is 0. The van der Waals surface area contributed by atoms with Gasteiger partial charge in [-0.05, 0) is 43.5 Å². The average Bonchev–Trinajstić information content (AvgIpc) is 2.35. The smallest absolute Gasteiger partial charge is 0.0509 e. The van der Waals surface area contributed by atoms with Crippen molar-refractivity contribution in [1.82, 2.24) is 5.32 Å². The van der Waals surface area contributed by atoms with Crippen molar-refractivity contribution in [3.05, 3.63) is 34.3 Å². The molecular weight excluding hydrogens is 278 g/mol. The van der Waals surface area contributed by atoms with Crippen LogP contribution in [0.3, 0.4) is 0 Å². The van der Waals surface area contributed by atoms with Gasteiger partial charge in [-0.15, -0.1) is 0 Å². The van der Waals surface area contributed by atoms with Crippen molar-refractivity contribution in [2.75, 3.05) is 26.3 Å². The van der Waals surface area contributed by atoms with Crippen LogP contribution in [0.15, 0.2) is 28.7 Å². The Hall–Kier alpha value is -0.380. The van der Waals surface area contributed by atoms with Crippen LogP contribution in [0.1, 0.15) is 19.4 Å². The summed E-state index contributed by atoms with van der Waals surface area (Å²) in [5.74, 6) is 0.552. The van der Waals surface area contributed by atoms with Crippen molar-refractivity contribution in [3.8, 4) is 0 Å². The monoisotopic (exact) mass is 299 g/mol. The van der Waals surface area contributed by atoms with Crippen LogP contribution in [0.25, 0.3) is 0 Å². The van der Waals surface area contributed by atoms with Crippen molar-refractivity contribution < 1.29 is 4.74 Å². The molecule has 1 atom stereocenters. The third-order valence-electron chi connectivity index (χ3n) is 2.68. The quantitative estimate of drug-likeness (QED) is 0.795. The van der Waals surface area contributed by atoms with Crippen molar-refractivity contribution >= 4 is 15.9 Å². The normalized spacial score (nSPS) is 12.6. The molecule has 0 aromatic heterocycles.